The number of ether oxygens (including phenoxy) is 2. The third-order valence-electron chi connectivity index (χ3n) is 3.65. The van der Waals surface area contributed by atoms with E-state index in [2.05, 4.69) is 22.2 Å². The first-order chi connectivity index (χ1) is 9.74. The van der Waals surface area contributed by atoms with Crippen LogP contribution in [0.2, 0.25) is 0 Å². The fraction of sp³-hybridized carbons (Fsp3) is 0.733. The van der Waals surface area contributed by atoms with Crippen LogP contribution in [-0.2, 0) is 11.2 Å². The molecule has 1 aromatic heterocycles. The van der Waals surface area contributed by atoms with Gasteiger partial charge < -0.3 is 14.8 Å². The summed E-state index contributed by atoms with van der Waals surface area (Å²) < 4.78 is 11.3. The maximum Gasteiger partial charge on any atom is 0.221 e. The van der Waals surface area contributed by atoms with E-state index in [1.165, 1.54) is 0 Å². The van der Waals surface area contributed by atoms with Crippen molar-refractivity contribution in [1.29, 1.82) is 0 Å². The van der Waals surface area contributed by atoms with E-state index in [4.69, 9.17) is 9.47 Å². The lowest BCUT2D eigenvalue weighted by molar-refractivity contribution is 0.0489. The Morgan fingerprint density at radius 1 is 1.30 bits per heavy atom. The molecule has 1 saturated heterocycles. The molecule has 0 bridgehead atoms. The van der Waals surface area contributed by atoms with Crippen molar-refractivity contribution in [1.82, 2.24) is 9.97 Å². The molecule has 112 valence electrons. The first-order valence-corrected chi connectivity index (χ1v) is 7.50. The molecule has 0 radical (unpaired) electrons. The second-order valence-corrected chi connectivity index (χ2v) is 5.29. The van der Waals surface area contributed by atoms with Crippen molar-refractivity contribution >= 4 is 5.82 Å². The molecule has 0 aromatic carbocycles. The number of hydrogen-bond acceptors (Lipinski definition) is 5. The molecule has 2 heterocycles. The molecule has 1 N–H and O–H groups in total. The average molecular weight is 279 g/mol. The summed E-state index contributed by atoms with van der Waals surface area (Å²) in [5.41, 5.74) is 0.986. The highest BCUT2D eigenvalue weighted by atomic mass is 16.5. The second kappa shape index (κ2) is 7.43. The van der Waals surface area contributed by atoms with Crippen LogP contribution in [0.3, 0.4) is 0 Å². The Kier molecular flexibility index (Phi) is 5.59. The minimum Gasteiger partial charge on any atom is -0.477 e. The van der Waals surface area contributed by atoms with Crippen LogP contribution in [0.5, 0.6) is 5.88 Å². The van der Waals surface area contributed by atoms with E-state index >= 15 is 0 Å². The average Bonchev–Trinajstić information content (AvgIpc) is 2.48. The van der Waals surface area contributed by atoms with Crippen LogP contribution in [0.15, 0.2) is 0 Å². The fourth-order valence-electron chi connectivity index (χ4n) is 2.37. The van der Waals surface area contributed by atoms with E-state index in [-0.39, 0.29) is 0 Å². The van der Waals surface area contributed by atoms with E-state index in [1.807, 2.05) is 14.0 Å². The number of anilines is 1. The molecule has 0 unspecified atom stereocenters. The molecule has 1 aliphatic rings. The maximum atomic E-state index is 5.96. The van der Waals surface area contributed by atoms with E-state index in [0.717, 1.165) is 68.6 Å². The summed E-state index contributed by atoms with van der Waals surface area (Å²) in [6, 6.07) is 0. The third kappa shape index (κ3) is 3.82. The van der Waals surface area contributed by atoms with Crippen molar-refractivity contribution in [2.45, 2.75) is 39.5 Å². The molecule has 2 rings (SSSR count). The van der Waals surface area contributed by atoms with Gasteiger partial charge in [0, 0.05) is 26.7 Å². The summed E-state index contributed by atoms with van der Waals surface area (Å²) in [5.74, 6) is 3.01. The molecule has 0 atom stereocenters. The van der Waals surface area contributed by atoms with Gasteiger partial charge in [0.25, 0.3) is 0 Å². The highest BCUT2D eigenvalue weighted by molar-refractivity contribution is 5.48. The van der Waals surface area contributed by atoms with Crippen molar-refractivity contribution in [3.05, 3.63) is 11.4 Å². The molecule has 1 aromatic rings. The molecular formula is C15H25N3O2. The van der Waals surface area contributed by atoms with E-state index < -0.39 is 0 Å². The largest absolute Gasteiger partial charge is 0.477 e. The second-order valence-electron chi connectivity index (χ2n) is 5.29. The summed E-state index contributed by atoms with van der Waals surface area (Å²) >= 11 is 0. The van der Waals surface area contributed by atoms with Crippen LogP contribution in [0.4, 0.5) is 5.82 Å². The highest BCUT2D eigenvalue weighted by Crippen LogP contribution is 2.24. The van der Waals surface area contributed by atoms with Crippen LogP contribution in [0, 0.1) is 12.8 Å². The van der Waals surface area contributed by atoms with Crippen LogP contribution >= 0.6 is 0 Å². The van der Waals surface area contributed by atoms with Crippen molar-refractivity contribution in [3.63, 3.8) is 0 Å². The molecule has 0 amide bonds. The van der Waals surface area contributed by atoms with E-state index in [9.17, 15) is 0 Å². The number of aryl methyl sites for hydroxylation is 1. The first kappa shape index (κ1) is 15.0. The van der Waals surface area contributed by atoms with Gasteiger partial charge in [0.2, 0.25) is 5.88 Å². The zero-order valence-electron chi connectivity index (χ0n) is 12.7. The monoisotopic (exact) mass is 279 g/mol. The fourth-order valence-corrected chi connectivity index (χ4v) is 2.37. The number of hydrogen-bond donors (Lipinski definition) is 1. The molecule has 5 nitrogen and oxygen atoms in total. The number of aromatic nitrogens is 2. The minimum atomic E-state index is 0.575. The van der Waals surface area contributed by atoms with Crippen LogP contribution in [0.25, 0.3) is 0 Å². The standard InChI is InChI=1S/C15H25N3O2/c1-4-5-13-17-14(16-3)11(2)15(18-13)20-10-12-6-8-19-9-7-12/h12H,4-10H2,1-3H3,(H,16,17,18). The normalized spacial score (nSPS) is 16.1. The van der Waals surface area contributed by atoms with Gasteiger partial charge in [-0.3, -0.25) is 0 Å². The Morgan fingerprint density at radius 3 is 2.70 bits per heavy atom. The Balaban J connectivity index is 2.06. The summed E-state index contributed by atoms with van der Waals surface area (Å²) in [6.45, 7) is 6.54. The van der Waals surface area contributed by atoms with E-state index in [0.29, 0.717) is 5.92 Å². The van der Waals surface area contributed by atoms with Gasteiger partial charge in [0.1, 0.15) is 11.6 Å². The lowest BCUT2D eigenvalue weighted by Crippen LogP contribution is -2.22. The Labute approximate surface area is 121 Å². The first-order valence-electron chi connectivity index (χ1n) is 7.50. The molecule has 0 aliphatic carbocycles. The molecule has 1 fully saturated rings. The molecule has 0 spiro atoms. The third-order valence-corrected chi connectivity index (χ3v) is 3.65. The maximum absolute atomic E-state index is 5.96. The van der Waals surface area contributed by atoms with Crippen LogP contribution < -0.4 is 10.1 Å². The Bertz CT molecular complexity index is 431. The molecule has 5 heteroatoms. The molecular weight excluding hydrogens is 254 g/mol. The zero-order chi connectivity index (χ0) is 14.4. The zero-order valence-corrected chi connectivity index (χ0v) is 12.7. The van der Waals surface area contributed by atoms with Crippen molar-refractivity contribution in [2.75, 3.05) is 32.2 Å². The van der Waals surface area contributed by atoms with Gasteiger partial charge >= 0.3 is 0 Å². The Morgan fingerprint density at radius 2 is 2.05 bits per heavy atom. The van der Waals surface area contributed by atoms with Gasteiger partial charge in [-0.1, -0.05) is 6.92 Å². The minimum absolute atomic E-state index is 0.575. The predicted molar refractivity (Wildman–Crippen MR) is 79.3 cm³/mol. The van der Waals surface area contributed by atoms with Crippen LogP contribution in [-0.4, -0.2) is 36.8 Å². The van der Waals surface area contributed by atoms with Gasteiger partial charge in [-0.2, -0.15) is 4.98 Å². The van der Waals surface area contributed by atoms with E-state index in [1.54, 1.807) is 0 Å². The van der Waals surface area contributed by atoms with Crippen molar-refractivity contribution in [2.24, 2.45) is 5.92 Å². The molecule has 0 saturated carbocycles. The van der Waals surface area contributed by atoms with Crippen molar-refractivity contribution < 1.29 is 9.47 Å². The van der Waals surface area contributed by atoms with Gasteiger partial charge in [0.05, 0.1) is 12.2 Å². The van der Waals surface area contributed by atoms with Gasteiger partial charge in [-0.15, -0.1) is 0 Å². The summed E-state index contributed by atoms with van der Waals surface area (Å²) in [6.07, 6.45) is 4.06. The smallest absolute Gasteiger partial charge is 0.221 e. The highest BCUT2D eigenvalue weighted by Gasteiger charge is 2.17. The van der Waals surface area contributed by atoms with Crippen molar-refractivity contribution in [3.8, 4) is 5.88 Å². The van der Waals surface area contributed by atoms with Crippen LogP contribution in [0.1, 0.15) is 37.6 Å². The SMILES string of the molecule is CCCc1nc(NC)c(C)c(OCC2CCOCC2)n1. The predicted octanol–water partition coefficient (Wildman–Crippen LogP) is 2.58. The lowest BCUT2D eigenvalue weighted by Gasteiger charge is -2.22. The summed E-state index contributed by atoms with van der Waals surface area (Å²) in [5, 5.41) is 3.12. The summed E-state index contributed by atoms with van der Waals surface area (Å²) in [4.78, 5) is 9.06. The quantitative estimate of drug-likeness (QED) is 0.867. The number of nitrogens with zero attached hydrogens (tertiary/aromatic N) is 2. The number of nitrogens with one attached hydrogen (secondary N) is 1. The Hall–Kier alpha value is -1.36. The summed E-state index contributed by atoms with van der Waals surface area (Å²) in [7, 11) is 1.88. The van der Waals surface area contributed by atoms with Gasteiger partial charge in [0.15, 0.2) is 0 Å². The number of rotatable bonds is 6. The van der Waals surface area contributed by atoms with Gasteiger partial charge in [-0.05, 0) is 32.1 Å². The topological polar surface area (TPSA) is 56.3 Å². The molecule has 20 heavy (non-hydrogen) atoms. The molecule has 1 aliphatic heterocycles. The lowest BCUT2D eigenvalue weighted by atomic mass is 10.0. The van der Waals surface area contributed by atoms with Gasteiger partial charge in [-0.25, -0.2) is 4.98 Å².